The lowest BCUT2D eigenvalue weighted by Gasteiger charge is -2.35. The van der Waals surface area contributed by atoms with Crippen molar-refractivity contribution in [3.63, 3.8) is 0 Å². The number of aromatic nitrogens is 4. The summed E-state index contributed by atoms with van der Waals surface area (Å²) in [4.78, 5) is 35.6. The first-order valence-corrected chi connectivity index (χ1v) is 9.29. The van der Waals surface area contributed by atoms with Crippen molar-refractivity contribution in [3.8, 4) is 0 Å². The summed E-state index contributed by atoms with van der Waals surface area (Å²) in [5, 5.41) is 4.37. The number of fused-ring (bicyclic) bond motifs is 1. The van der Waals surface area contributed by atoms with E-state index in [9.17, 15) is 9.59 Å². The summed E-state index contributed by atoms with van der Waals surface area (Å²) in [5.74, 6) is -0.187. The predicted octanol–water partition coefficient (Wildman–Crippen LogP) is 0.867. The van der Waals surface area contributed by atoms with E-state index < -0.39 is 0 Å². The molecule has 0 aliphatic carbocycles. The third kappa shape index (κ3) is 3.55. The maximum atomic E-state index is 13.2. The van der Waals surface area contributed by atoms with Gasteiger partial charge < -0.3 is 14.8 Å². The third-order valence-corrected chi connectivity index (χ3v) is 5.33. The summed E-state index contributed by atoms with van der Waals surface area (Å²) in [5.41, 5.74) is 0.908. The molecule has 2 aliphatic heterocycles. The van der Waals surface area contributed by atoms with E-state index in [1.165, 1.54) is 31.7 Å². The van der Waals surface area contributed by atoms with Crippen LogP contribution in [0.1, 0.15) is 41.9 Å². The van der Waals surface area contributed by atoms with Crippen molar-refractivity contribution in [2.24, 2.45) is 0 Å². The van der Waals surface area contributed by atoms with Gasteiger partial charge >= 0.3 is 0 Å². The summed E-state index contributed by atoms with van der Waals surface area (Å²) < 4.78 is 1.97. The van der Waals surface area contributed by atoms with Gasteiger partial charge in [-0.2, -0.15) is 5.10 Å². The number of carbonyl (C=O) groups is 1. The molecule has 1 N–H and O–H groups in total. The van der Waals surface area contributed by atoms with E-state index in [0.717, 1.165) is 38.3 Å². The number of nitrogens with one attached hydrogen (secondary N) is 1. The molecule has 1 amide bonds. The number of H-pyrrole nitrogens is 1. The Hall–Kier alpha value is -2.48. The van der Waals surface area contributed by atoms with Crippen LogP contribution in [0.15, 0.2) is 29.5 Å². The molecule has 4 heterocycles. The number of hydrogen-bond donors (Lipinski definition) is 1. The standard InChI is InChI=1S/C18H24N6O2/c25-17-10-16(19-13-20-17)18(26)23-12-15-4-6-21-24(15)9-5-14(23)11-22-7-2-1-3-8-22/h4,6,10,13-14H,1-3,5,7-9,11-12H2,(H,19,20,25)/t14-/m1/s1. The van der Waals surface area contributed by atoms with Crippen LogP contribution in [-0.4, -0.2) is 61.1 Å². The van der Waals surface area contributed by atoms with Crippen LogP contribution in [0.3, 0.4) is 0 Å². The highest BCUT2D eigenvalue weighted by Crippen LogP contribution is 2.21. The molecular formula is C18H24N6O2. The first-order valence-electron chi connectivity index (χ1n) is 9.29. The van der Waals surface area contributed by atoms with E-state index >= 15 is 0 Å². The molecule has 26 heavy (non-hydrogen) atoms. The van der Waals surface area contributed by atoms with Gasteiger partial charge in [-0.05, 0) is 38.4 Å². The Kier molecular flexibility index (Phi) is 4.83. The van der Waals surface area contributed by atoms with Crippen molar-refractivity contribution in [1.29, 1.82) is 0 Å². The highest BCUT2D eigenvalue weighted by molar-refractivity contribution is 5.92. The Labute approximate surface area is 151 Å². The number of aryl methyl sites for hydroxylation is 1. The van der Waals surface area contributed by atoms with Crippen molar-refractivity contribution in [2.75, 3.05) is 19.6 Å². The Bertz CT molecular complexity index is 823. The Morgan fingerprint density at radius 3 is 2.88 bits per heavy atom. The van der Waals surface area contributed by atoms with Gasteiger partial charge in [0.05, 0.1) is 18.6 Å². The van der Waals surface area contributed by atoms with Crippen LogP contribution in [0.2, 0.25) is 0 Å². The third-order valence-electron chi connectivity index (χ3n) is 5.33. The molecule has 0 spiro atoms. The quantitative estimate of drug-likeness (QED) is 0.882. The summed E-state index contributed by atoms with van der Waals surface area (Å²) >= 11 is 0. The number of piperidine rings is 1. The van der Waals surface area contributed by atoms with Gasteiger partial charge in [-0.1, -0.05) is 6.42 Å². The van der Waals surface area contributed by atoms with Crippen molar-refractivity contribution in [1.82, 2.24) is 29.5 Å². The molecule has 0 radical (unpaired) electrons. The minimum Gasteiger partial charge on any atom is -0.327 e. The van der Waals surface area contributed by atoms with E-state index in [1.807, 2.05) is 15.6 Å². The summed E-state index contributed by atoms with van der Waals surface area (Å²) in [7, 11) is 0. The minimum absolute atomic E-state index is 0.0865. The highest BCUT2D eigenvalue weighted by atomic mass is 16.2. The van der Waals surface area contributed by atoms with E-state index in [-0.39, 0.29) is 23.2 Å². The molecule has 0 bridgehead atoms. The first kappa shape index (κ1) is 17.0. The minimum atomic E-state index is -0.309. The van der Waals surface area contributed by atoms with E-state index in [4.69, 9.17) is 0 Å². The Balaban J connectivity index is 1.60. The number of hydrogen-bond acceptors (Lipinski definition) is 5. The normalized spacial score (nSPS) is 21.2. The smallest absolute Gasteiger partial charge is 0.273 e. The second kappa shape index (κ2) is 7.41. The largest absolute Gasteiger partial charge is 0.327 e. The Morgan fingerprint density at radius 2 is 2.08 bits per heavy atom. The molecule has 2 aliphatic rings. The molecule has 138 valence electrons. The van der Waals surface area contributed by atoms with E-state index in [1.54, 1.807) is 6.20 Å². The number of carbonyl (C=O) groups excluding carboxylic acids is 1. The Morgan fingerprint density at radius 1 is 1.23 bits per heavy atom. The lowest BCUT2D eigenvalue weighted by molar-refractivity contribution is 0.0582. The van der Waals surface area contributed by atoms with Crippen LogP contribution in [0.25, 0.3) is 0 Å². The lowest BCUT2D eigenvalue weighted by Crippen LogP contribution is -2.47. The number of aromatic amines is 1. The van der Waals surface area contributed by atoms with Crippen LogP contribution >= 0.6 is 0 Å². The number of nitrogens with zero attached hydrogens (tertiary/aromatic N) is 5. The van der Waals surface area contributed by atoms with Gasteiger partial charge in [-0.15, -0.1) is 0 Å². The van der Waals surface area contributed by atoms with Crippen LogP contribution < -0.4 is 5.56 Å². The van der Waals surface area contributed by atoms with Crippen molar-refractivity contribution in [3.05, 3.63) is 46.4 Å². The zero-order chi connectivity index (χ0) is 17.9. The van der Waals surface area contributed by atoms with Crippen LogP contribution in [0.4, 0.5) is 0 Å². The van der Waals surface area contributed by atoms with Gasteiger partial charge in [0.1, 0.15) is 5.69 Å². The van der Waals surface area contributed by atoms with Crippen molar-refractivity contribution in [2.45, 2.75) is 44.8 Å². The molecule has 0 saturated carbocycles. The number of likely N-dealkylation sites (tertiary alicyclic amines) is 1. The molecule has 2 aromatic rings. The maximum absolute atomic E-state index is 13.2. The average Bonchev–Trinajstić information content (AvgIpc) is 3.04. The highest BCUT2D eigenvalue weighted by Gasteiger charge is 2.31. The van der Waals surface area contributed by atoms with Gasteiger partial charge in [-0.3, -0.25) is 14.3 Å². The monoisotopic (exact) mass is 356 g/mol. The van der Waals surface area contributed by atoms with Crippen LogP contribution in [0.5, 0.6) is 0 Å². The molecule has 8 nitrogen and oxygen atoms in total. The maximum Gasteiger partial charge on any atom is 0.273 e. The van der Waals surface area contributed by atoms with Gasteiger partial charge in [0.25, 0.3) is 11.5 Å². The molecule has 2 aromatic heterocycles. The number of amides is 1. The fraction of sp³-hybridized carbons (Fsp3) is 0.556. The molecular weight excluding hydrogens is 332 g/mol. The summed E-state index contributed by atoms with van der Waals surface area (Å²) in [6, 6.07) is 3.32. The first-order chi connectivity index (χ1) is 12.7. The molecule has 1 fully saturated rings. The molecule has 0 aromatic carbocycles. The van der Waals surface area contributed by atoms with Gasteiger partial charge in [0, 0.05) is 31.4 Å². The van der Waals surface area contributed by atoms with Crippen molar-refractivity contribution >= 4 is 5.91 Å². The SMILES string of the molecule is O=C(c1cc(=O)[nH]cn1)N1Cc2ccnn2CC[C@@H]1CN1CCCCC1. The van der Waals surface area contributed by atoms with Gasteiger partial charge in [-0.25, -0.2) is 4.98 Å². The number of rotatable bonds is 3. The molecule has 0 unspecified atom stereocenters. The van der Waals surface area contributed by atoms with E-state index in [2.05, 4.69) is 20.0 Å². The summed E-state index contributed by atoms with van der Waals surface area (Å²) in [6.07, 6.45) is 7.64. The van der Waals surface area contributed by atoms with Crippen LogP contribution in [0, 0.1) is 0 Å². The van der Waals surface area contributed by atoms with Crippen molar-refractivity contribution < 1.29 is 4.79 Å². The molecule has 8 heteroatoms. The zero-order valence-corrected chi connectivity index (χ0v) is 14.8. The van der Waals surface area contributed by atoms with Gasteiger partial charge in [0.15, 0.2) is 0 Å². The second-order valence-electron chi connectivity index (χ2n) is 7.08. The molecule has 1 saturated heterocycles. The molecule has 4 rings (SSSR count). The lowest BCUT2D eigenvalue weighted by atomic mass is 10.1. The summed E-state index contributed by atoms with van der Waals surface area (Å²) in [6.45, 7) is 4.33. The van der Waals surface area contributed by atoms with Gasteiger partial charge in [0.2, 0.25) is 0 Å². The van der Waals surface area contributed by atoms with E-state index in [0.29, 0.717) is 6.54 Å². The fourth-order valence-electron chi connectivity index (χ4n) is 3.93. The van der Waals surface area contributed by atoms with Crippen LogP contribution in [-0.2, 0) is 13.1 Å². The topological polar surface area (TPSA) is 87.1 Å². The molecule has 1 atom stereocenters. The average molecular weight is 356 g/mol. The second-order valence-corrected chi connectivity index (χ2v) is 7.08. The zero-order valence-electron chi connectivity index (χ0n) is 14.8. The predicted molar refractivity (Wildman–Crippen MR) is 95.7 cm³/mol. The fourth-order valence-corrected chi connectivity index (χ4v) is 3.93.